The average molecular weight is 387 g/mol. The minimum atomic E-state index is 0.583. The third-order valence-electron chi connectivity index (χ3n) is 4.84. The second kappa shape index (κ2) is 7.75. The molecule has 0 saturated heterocycles. The van der Waals surface area contributed by atoms with Crippen LogP contribution in [0.4, 0.5) is 11.4 Å². The predicted molar refractivity (Wildman–Crippen MR) is 113 cm³/mol. The van der Waals surface area contributed by atoms with E-state index in [2.05, 4.69) is 17.2 Å². The SMILES string of the molecule is COc1ccc2ccccc2c1[N+](C)=Nc1c(C)nn(-c2ccccc2)c1OC. The average Bonchev–Trinajstić information content (AvgIpc) is 3.08. The van der Waals surface area contributed by atoms with Crippen LogP contribution >= 0.6 is 0 Å². The highest BCUT2D eigenvalue weighted by atomic mass is 16.5. The van der Waals surface area contributed by atoms with Crippen LogP contribution in [0.15, 0.2) is 71.8 Å². The van der Waals surface area contributed by atoms with Crippen molar-refractivity contribution in [2.24, 2.45) is 5.11 Å². The van der Waals surface area contributed by atoms with Gasteiger partial charge in [-0.2, -0.15) is 9.78 Å². The first-order valence-electron chi connectivity index (χ1n) is 9.34. The van der Waals surface area contributed by atoms with Crippen LogP contribution < -0.4 is 9.47 Å². The van der Waals surface area contributed by atoms with Gasteiger partial charge in [-0.05, 0) is 36.6 Å². The summed E-state index contributed by atoms with van der Waals surface area (Å²) in [5.41, 5.74) is 3.25. The number of ether oxygens (including phenoxy) is 2. The maximum Gasteiger partial charge on any atom is 0.281 e. The van der Waals surface area contributed by atoms with E-state index >= 15 is 0 Å². The highest BCUT2D eigenvalue weighted by molar-refractivity contribution is 5.93. The number of aryl methyl sites for hydroxylation is 1. The molecule has 6 nitrogen and oxygen atoms in total. The van der Waals surface area contributed by atoms with E-state index in [0.29, 0.717) is 11.6 Å². The summed E-state index contributed by atoms with van der Waals surface area (Å²) in [6.45, 7) is 1.93. The Bertz CT molecular complexity index is 1200. The lowest BCUT2D eigenvalue weighted by Gasteiger charge is -2.07. The molecular formula is C23H23N4O2+. The van der Waals surface area contributed by atoms with Gasteiger partial charge in [0.15, 0.2) is 12.8 Å². The zero-order chi connectivity index (χ0) is 20.4. The fraction of sp³-hybridized carbons (Fsp3) is 0.174. The molecule has 4 aromatic rings. The summed E-state index contributed by atoms with van der Waals surface area (Å²) in [6, 6.07) is 22.1. The van der Waals surface area contributed by atoms with Crippen LogP contribution in [-0.4, -0.2) is 35.7 Å². The Morgan fingerprint density at radius 1 is 0.897 bits per heavy atom. The Labute approximate surface area is 169 Å². The van der Waals surface area contributed by atoms with Gasteiger partial charge >= 0.3 is 0 Å². The lowest BCUT2D eigenvalue weighted by molar-refractivity contribution is -0.475. The fourth-order valence-corrected chi connectivity index (χ4v) is 3.47. The van der Waals surface area contributed by atoms with Crippen LogP contribution in [-0.2, 0) is 0 Å². The molecule has 0 saturated carbocycles. The Hall–Kier alpha value is -3.67. The van der Waals surface area contributed by atoms with Crippen molar-refractivity contribution in [1.29, 1.82) is 0 Å². The molecule has 0 fully saturated rings. The smallest absolute Gasteiger partial charge is 0.281 e. The highest BCUT2D eigenvalue weighted by Gasteiger charge is 2.24. The van der Waals surface area contributed by atoms with E-state index in [9.17, 15) is 0 Å². The molecule has 0 aliphatic carbocycles. The van der Waals surface area contributed by atoms with E-state index in [1.54, 1.807) is 18.9 Å². The third-order valence-corrected chi connectivity index (χ3v) is 4.84. The largest absolute Gasteiger partial charge is 0.490 e. The summed E-state index contributed by atoms with van der Waals surface area (Å²) in [5.74, 6) is 1.33. The van der Waals surface area contributed by atoms with Gasteiger partial charge < -0.3 is 9.47 Å². The number of azo groups is 2. The second-order valence-corrected chi connectivity index (χ2v) is 6.65. The Morgan fingerprint density at radius 2 is 1.62 bits per heavy atom. The van der Waals surface area contributed by atoms with Crippen molar-refractivity contribution in [3.05, 3.63) is 72.4 Å². The molecule has 0 radical (unpaired) electrons. The van der Waals surface area contributed by atoms with Crippen LogP contribution in [0.5, 0.6) is 11.6 Å². The van der Waals surface area contributed by atoms with Gasteiger partial charge in [0.2, 0.25) is 11.6 Å². The van der Waals surface area contributed by atoms with Crippen LogP contribution in [0.1, 0.15) is 5.69 Å². The molecule has 4 rings (SSSR count). The van der Waals surface area contributed by atoms with Gasteiger partial charge in [-0.1, -0.05) is 47.2 Å². The molecule has 1 aromatic heterocycles. The maximum absolute atomic E-state index is 5.68. The predicted octanol–water partition coefficient (Wildman–Crippen LogP) is 5.41. The monoisotopic (exact) mass is 387 g/mol. The van der Waals surface area contributed by atoms with Gasteiger partial charge in [-0.15, -0.1) is 0 Å². The molecule has 3 aromatic carbocycles. The first-order chi connectivity index (χ1) is 14.1. The molecule has 1 heterocycles. The van der Waals surface area contributed by atoms with E-state index in [0.717, 1.165) is 33.6 Å². The summed E-state index contributed by atoms with van der Waals surface area (Å²) < 4.78 is 14.9. The summed E-state index contributed by atoms with van der Waals surface area (Å²) in [7, 11) is 5.21. The van der Waals surface area contributed by atoms with Crippen molar-refractivity contribution in [2.45, 2.75) is 6.92 Å². The zero-order valence-corrected chi connectivity index (χ0v) is 17.0. The second-order valence-electron chi connectivity index (χ2n) is 6.65. The fourth-order valence-electron chi connectivity index (χ4n) is 3.47. The van der Waals surface area contributed by atoms with E-state index in [-0.39, 0.29) is 0 Å². The molecule has 0 unspecified atom stereocenters. The van der Waals surface area contributed by atoms with E-state index in [4.69, 9.17) is 14.6 Å². The lowest BCUT2D eigenvalue weighted by atomic mass is 10.1. The van der Waals surface area contributed by atoms with Gasteiger partial charge in [0.25, 0.3) is 5.69 Å². The Morgan fingerprint density at radius 3 is 2.34 bits per heavy atom. The topological polar surface area (TPSA) is 51.7 Å². The van der Waals surface area contributed by atoms with Crippen molar-refractivity contribution < 1.29 is 14.2 Å². The minimum Gasteiger partial charge on any atom is -0.490 e. The molecule has 0 aliphatic heterocycles. The van der Waals surface area contributed by atoms with Crippen molar-refractivity contribution in [3.8, 4) is 17.3 Å². The molecule has 29 heavy (non-hydrogen) atoms. The zero-order valence-electron chi connectivity index (χ0n) is 17.0. The number of fused-ring (bicyclic) bond motifs is 1. The number of para-hydroxylation sites is 1. The Balaban J connectivity index is 1.90. The van der Waals surface area contributed by atoms with E-state index in [1.807, 2.05) is 73.3 Å². The van der Waals surface area contributed by atoms with Gasteiger partial charge in [0.1, 0.15) is 0 Å². The molecule has 146 valence electrons. The summed E-state index contributed by atoms with van der Waals surface area (Å²) >= 11 is 0. The van der Waals surface area contributed by atoms with Gasteiger partial charge in [-0.25, -0.2) is 0 Å². The molecule has 0 bridgehead atoms. The van der Waals surface area contributed by atoms with Gasteiger partial charge in [0.05, 0.1) is 31.0 Å². The van der Waals surface area contributed by atoms with Crippen molar-refractivity contribution in [2.75, 3.05) is 21.3 Å². The molecule has 0 N–H and O–H groups in total. The van der Waals surface area contributed by atoms with Crippen LogP contribution in [0.25, 0.3) is 16.5 Å². The third kappa shape index (κ3) is 3.33. The first kappa shape index (κ1) is 18.7. The van der Waals surface area contributed by atoms with Crippen LogP contribution in [0, 0.1) is 6.92 Å². The Kier molecular flexibility index (Phi) is 4.99. The highest BCUT2D eigenvalue weighted by Crippen LogP contribution is 2.38. The number of benzene rings is 3. The molecule has 0 spiro atoms. The quantitative estimate of drug-likeness (QED) is 0.340. The van der Waals surface area contributed by atoms with Crippen molar-refractivity contribution >= 4 is 22.1 Å². The normalized spacial score (nSPS) is 11.7. The number of aromatic nitrogens is 2. The van der Waals surface area contributed by atoms with Crippen LogP contribution in [0.2, 0.25) is 0 Å². The van der Waals surface area contributed by atoms with Gasteiger partial charge in [-0.3, -0.25) is 0 Å². The maximum atomic E-state index is 5.68. The minimum absolute atomic E-state index is 0.583. The molecule has 6 heteroatoms. The summed E-state index contributed by atoms with van der Waals surface area (Å²) in [4.78, 5) is 0. The number of methoxy groups -OCH3 is 2. The summed E-state index contributed by atoms with van der Waals surface area (Å²) in [6.07, 6.45) is 0. The van der Waals surface area contributed by atoms with Crippen molar-refractivity contribution in [1.82, 2.24) is 9.78 Å². The van der Waals surface area contributed by atoms with Crippen molar-refractivity contribution in [3.63, 3.8) is 0 Å². The number of nitrogens with zero attached hydrogens (tertiary/aromatic N) is 4. The number of hydrogen-bond donors (Lipinski definition) is 0. The number of hydrogen-bond acceptors (Lipinski definition) is 4. The van der Waals surface area contributed by atoms with Gasteiger partial charge in [0, 0.05) is 5.11 Å². The van der Waals surface area contributed by atoms with E-state index in [1.165, 1.54) is 0 Å². The molecule has 0 amide bonds. The molecule has 0 aliphatic rings. The van der Waals surface area contributed by atoms with E-state index < -0.39 is 0 Å². The lowest BCUT2D eigenvalue weighted by Crippen LogP contribution is -2.00. The first-order valence-corrected chi connectivity index (χ1v) is 9.34. The van der Waals surface area contributed by atoms with Crippen LogP contribution in [0.3, 0.4) is 0 Å². The standard InChI is InChI=1S/C23H23N4O2/c1-16-21(23(29-4)27(24-16)18-11-6-5-7-12-18)25-26(2)22-19-13-9-8-10-17(19)14-15-20(22)28-3/h5-15H,1-4H3/q+1. The number of rotatable bonds is 5. The molecule has 0 atom stereocenters. The summed E-state index contributed by atoms with van der Waals surface area (Å²) in [5, 5.41) is 11.7. The molecular weight excluding hydrogens is 364 g/mol.